The number of carbonyl (C=O) groups excluding carboxylic acids is 1. The van der Waals surface area contributed by atoms with Crippen molar-refractivity contribution in [3.05, 3.63) is 28.8 Å². The van der Waals surface area contributed by atoms with Crippen LogP contribution in [0.1, 0.15) is 21.5 Å². The normalized spacial score (nSPS) is 9.53. The number of hydrogen-bond donors (Lipinski definition) is 2. The molecule has 2 N–H and O–H groups in total. The first-order valence-electron chi connectivity index (χ1n) is 5.56. The van der Waals surface area contributed by atoms with E-state index in [1.165, 1.54) is 12.1 Å². The van der Waals surface area contributed by atoms with Crippen LogP contribution in [-0.2, 0) is 4.79 Å². The molecular formula is C13H14N2O4. The van der Waals surface area contributed by atoms with Gasteiger partial charge in [-0.15, -0.1) is 0 Å². The van der Waals surface area contributed by atoms with E-state index in [0.717, 1.165) is 0 Å². The first-order valence-corrected chi connectivity index (χ1v) is 5.56. The van der Waals surface area contributed by atoms with E-state index in [-0.39, 0.29) is 18.7 Å². The molecule has 19 heavy (non-hydrogen) atoms. The first-order chi connectivity index (χ1) is 8.95. The Kier molecular flexibility index (Phi) is 4.89. The van der Waals surface area contributed by atoms with E-state index in [4.69, 9.17) is 15.1 Å². The monoisotopic (exact) mass is 262 g/mol. The quantitative estimate of drug-likeness (QED) is 0.772. The number of carboxylic acids is 1. The molecule has 6 nitrogen and oxygen atoms in total. The van der Waals surface area contributed by atoms with Crippen LogP contribution in [0.25, 0.3) is 0 Å². The lowest BCUT2D eigenvalue weighted by atomic mass is 10.1. The van der Waals surface area contributed by atoms with Crippen molar-refractivity contribution in [1.29, 1.82) is 5.26 Å². The highest BCUT2D eigenvalue weighted by Gasteiger charge is 2.11. The predicted octanol–water partition coefficient (Wildman–Crippen LogP) is 1.02. The third-order valence-corrected chi connectivity index (χ3v) is 2.42. The summed E-state index contributed by atoms with van der Waals surface area (Å²) < 4.78 is 5.35. The number of carboxylic acid groups (broad SMARTS) is 1. The lowest BCUT2D eigenvalue weighted by Crippen LogP contribution is -2.29. The Labute approximate surface area is 110 Å². The van der Waals surface area contributed by atoms with Crippen LogP contribution < -0.4 is 10.1 Å². The summed E-state index contributed by atoms with van der Waals surface area (Å²) in [6.45, 7) is 3.14. The maximum atomic E-state index is 11.3. The minimum Gasteiger partial charge on any atom is -0.483 e. The Hall–Kier alpha value is -2.55. The second kappa shape index (κ2) is 6.40. The van der Waals surface area contributed by atoms with Gasteiger partial charge >= 0.3 is 5.97 Å². The van der Waals surface area contributed by atoms with Crippen LogP contribution in [0.4, 0.5) is 0 Å². The molecule has 0 aliphatic heterocycles. The van der Waals surface area contributed by atoms with Crippen molar-refractivity contribution in [3.63, 3.8) is 0 Å². The molecule has 0 fully saturated rings. The number of carbonyl (C=O) groups is 2. The molecule has 1 rings (SSSR count). The number of hydrogen-bond acceptors (Lipinski definition) is 4. The molecule has 0 atom stereocenters. The van der Waals surface area contributed by atoms with E-state index in [9.17, 15) is 9.59 Å². The number of ether oxygens (including phenoxy) is 1. The molecule has 0 aliphatic rings. The molecule has 0 aliphatic carbocycles. The van der Waals surface area contributed by atoms with Gasteiger partial charge in [0.15, 0.2) is 6.61 Å². The van der Waals surface area contributed by atoms with Crippen LogP contribution in [0.15, 0.2) is 12.1 Å². The van der Waals surface area contributed by atoms with Crippen LogP contribution in [0.5, 0.6) is 5.75 Å². The molecule has 0 unspecified atom stereocenters. The maximum absolute atomic E-state index is 11.3. The molecule has 0 radical (unpaired) electrons. The van der Waals surface area contributed by atoms with E-state index >= 15 is 0 Å². The molecule has 1 aromatic carbocycles. The number of nitrogens with zero attached hydrogens (tertiary/aromatic N) is 1. The van der Waals surface area contributed by atoms with Crippen LogP contribution in [0.2, 0.25) is 0 Å². The van der Waals surface area contributed by atoms with Gasteiger partial charge in [-0.25, -0.2) is 4.79 Å². The van der Waals surface area contributed by atoms with Gasteiger partial charge in [-0.1, -0.05) is 0 Å². The van der Waals surface area contributed by atoms with Crippen molar-refractivity contribution >= 4 is 11.9 Å². The average molecular weight is 262 g/mol. The summed E-state index contributed by atoms with van der Waals surface area (Å²) in [5.74, 6) is -0.927. The maximum Gasteiger partial charge on any atom is 0.335 e. The molecule has 0 saturated heterocycles. The summed E-state index contributed by atoms with van der Waals surface area (Å²) in [6.07, 6.45) is 0. The van der Waals surface area contributed by atoms with Crippen LogP contribution >= 0.6 is 0 Å². The van der Waals surface area contributed by atoms with E-state index in [1.54, 1.807) is 19.9 Å². The summed E-state index contributed by atoms with van der Waals surface area (Å²) in [4.78, 5) is 22.2. The van der Waals surface area contributed by atoms with Crippen molar-refractivity contribution in [2.24, 2.45) is 0 Å². The molecule has 0 spiro atoms. The van der Waals surface area contributed by atoms with E-state index in [2.05, 4.69) is 5.32 Å². The fraction of sp³-hybridized carbons (Fsp3) is 0.308. The summed E-state index contributed by atoms with van der Waals surface area (Å²) >= 11 is 0. The molecule has 0 aromatic heterocycles. The second-order valence-corrected chi connectivity index (χ2v) is 3.97. The second-order valence-electron chi connectivity index (χ2n) is 3.97. The number of nitriles is 1. The molecular weight excluding hydrogens is 248 g/mol. The standard InChI is InChI=1S/C13H14N2O4/c1-8-5-10(13(17)18)6-9(2)12(8)19-7-11(16)15-4-3-14/h5-6H,4,7H2,1-2H3,(H,15,16)(H,17,18). The largest absolute Gasteiger partial charge is 0.483 e. The fourth-order valence-electron chi connectivity index (χ4n) is 1.63. The minimum absolute atomic E-state index is 0.0713. The highest BCUT2D eigenvalue weighted by Crippen LogP contribution is 2.24. The highest BCUT2D eigenvalue weighted by molar-refractivity contribution is 5.88. The van der Waals surface area contributed by atoms with Gasteiger partial charge in [0.05, 0.1) is 11.6 Å². The summed E-state index contributed by atoms with van der Waals surface area (Å²) in [6, 6.07) is 4.75. The van der Waals surface area contributed by atoms with Gasteiger partial charge in [-0.3, -0.25) is 4.79 Å². The molecule has 100 valence electrons. The van der Waals surface area contributed by atoms with Crippen LogP contribution in [-0.4, -0.2) is 30.1 Å². The van der Waals surface area contributed by atoms with Crippen molar-refractivity contribution in [1.82, 2.24) is 5.32 Å². The number of benzene rings is 1. The number of amides is 1. The van der Waals surface area contributed by atoms with E-state index < -0.39 is 11.9 Å². The Morgan fingerprint density at radius 3 is 2.42 bits per heavy atom. The van der Waals surface area contributed by atoms with Crippen molar-refractivity contribution in [3.8, 4) is 11.8 Å². The Balaban J connectivity index is 2.77. The minimum atomic E-state index is -1.01. The van der Waals surface area contributed by atoms with Crippen molar-refractivity contribution in [2.75, 3.05) is 13.2 Å². The molecule has 0 heterocycles. The van der Waals surface area contributed by atoms with Crippen molar-refractivity contribution in [2.45, 2.75) is 13.8 Å². The average Bonchev–Trinajstić information content (AvgIpc) is 2.34. The number of aromatic carboxylic acids is 1. The van der Waals surface area contributed by atoms with Gasteiger partial charge in [-0.05, 0) is 37.1 Å². The lowest BCUT2D eigenvalue weighted by molar-refractivity contribution is -0.122. The fourth-order valence-corrected chi connectivity index (χ4v) is 1.63. The summed E-state index contributed by atoms with van der Waals surface area (Å²) in [5.41, 5.74) is 1.47. The van der Waals surface area contributed by atoms with Crippen LogP contribution in [0.3, 0.4) is 0 Å². The third-order valence-electron chi connectivity index (χ3n) is 2.42. The summed E-state index contributed by atoms with van der Waals surface area (Å²) in [7, 11) is 0. The van der Waals surface area contributed by atoms with Gasteiger partial charge in [0.25, 0.3) is 5.91 Å². The number of nitrogens with one attached hydrogen (secondary N) is 1. The predicted molar refractivity (Wildman–Crippen MR) is 67.0 cm³/mol. The Morgan fingerprint density at radius 2 is 1.95 bits per heavy atom. The Morgan fingerprint density at radius 1 is 1.37 bits per heavy atom. The van der Waals surface area contributed by atoms with Gasteiger partial charge in [0, 0.05) is 0 Å². The SMILES string of the molecule is Cc1cc(C(=O)O)cc(C)c1OCC(=O)NCC#N. The van der Waals surface area contributed by atoms with Gasteiger partial charge in [-0.2, -0.15) is 5.26 Å². The smallest absolute Gasteiger partial charge is 0.335 e. The van der Waals surface area contributed by atoms with Crippen LogP contribution in [0, 0.1) is 25.2 Å². The molecule has 1 aromatic rings. The van der Waals surface area contributed by atoms with E-state index in [0.29, 0.717) is 16.9 Å². The molecule has 0 saturated carbocycles. The molecule has 1 amide bonds. The van der Waals surface area contributed by atoms with Gasteiger partial charge < -0.3 is 15.2 Å². The number of rotatable bonds is 5. The molecule has 0 bridgehead atoms. The van der Waals surface area contributed by atoms with Crippen molar-refractivity contribution < 1.29 is 19.4 Å². The number of aryl methyl sites for hydroxylation is 2. The highest BCUT2D eigenvalue weighted by atomic mass is 16.5. The summed E-state index contributed by atoms with van der Waals surface area (Å²) in [5, 5.41) is 19.6. The zero-order valence-corrected chi connectivity index (χ0v) is 10.7. The zero-order chi connectivity index (χ0) is 14.4. The van der Waals surface area contributed by atoms with Gasteiger partial charge in [0.2, 0.25) is 0 Å². The van der Waals surface area contributed by atoms with Gasteiger partial charge in [0.1, 0.15) is 12.3 Å². The van der Waals surface area contributed by atoms with E-state index in [1.807, 2.05) is 0 Å². The Bertz CT molecular complexity index is 523. The molecule has 6 heteroatoms. The lowest BCUT2D eigenvalue weighted by Gasteiger charge is -2.12. The first kappa shape index (κ1) is 14.5. The zero-order valence-electron chi connectivity index (χ0n) is 10.7. The topological polar surface area (TPSA) is 99.4 Å². The third kappa shape index (κ3) is 4.00.